The fourth-order valence-corrected chi connectivity index (χ4v) is 1.99. The molecule has 0 radical (unpaired) electrons. The second kappa shape index (κ2) is 7.84. The van der Waals surface area contributed by atoms with E-state index >= 15 is 0 Å². The van der Waals surface area contributed by atoms with Crippen LogP contribution >= 0.6 is 0 Å². The zero-order valence-corrected chi connectivity index (χ0v) is 12.9. The van der Waals surface area contributed by atoms with Gasteiger partial charge in [0.1, 0.15) is 0 Å². The maximum Gasteiger partial charge on any atom is 0.262 e. The van der Waals surface area contributed by atoms with Crippen molar-refractivity contribution < 1.29 is 19.5 Å². The van der Waals surface area contributed by atoms with Crippen LogP contribution in [0, 0.1) is 6.92 Å². The maximum absolute atomic E-state index is 12.0. The number of methoxy groups -OCH3 is 1. The van der Waals surface area contributed by atoms with Gasteiger partial charge in [0.25, 0.3) is 5.91 Å². The Morgan fingerprint density at radius 1 is 1.26 bits per heavy atom. The van der Waals surface area contributed by atoms with Crippen LogP contribution in [0.25, 0.3) is 0 Å². The number of hydrogen-bond donors (Lipinski definition) is 2. The molecule has 0 fully saturated rings. The zero-order valence-electron chi connectivity index (χ0n) is 12.9. The van der Waals surface area contributed by atoms with Gasteiger partial charge < -0.3 is 20.0 Å². The quantitative estimate of drug-likeness (QED) is 0.488. The molecule has 120 valence electrons. The molecule has 0 aromatic heterocycles. The molecule has 0 aliphatic carbocycles. The highest BCUT2D eigenvalue weighted by atomic mass is 16.5. The lowest BCUT2D eigenvalue weighted by Crippen LogP contribution is -2.20. The van der Waals surface area contributed by atoms with Gasteiger partial charge in [-0.2, -0.15) is 0 Å². The van der Waals surface area contributed by atoms with Gasteiger partial charge in [-0.25, -0.2) is 0 Å². The normalized spacial score (nSPS) is 10.5. The van der Waals surface area contributed by atoms with E-state index in [1.807, 2.05) is 31.2 Å². The van der Waals surface area contributed by atoms with Crippen molar-refractivity contribution in [1.29, 1.82) is 0 Å². The van der Waals surface area contributed by atoms with Gasteiger partial charge in [-0.3, -0.25) is 4.79 Å². The van der Waals surface area contributed by atoms with Gasteiger partial charge in [-0.1, -0.05) is 23.4 Å². The molecule has 0 saturated carbocycles. The number of nitrogens with zero attached hydrogens (tertiary/aromatic N) is 1. The van der Waals surface area contributed by atoms with Crippen molar-refractivity contribution in [2.75, 3.05) is 19.0 Å². The number of amides is 1. The summed E-state index contributed by atoms with van der Waals surface area (Å²) in [6.07, 6.45) is 1.27. The lowest BCUT2D eigenvalue weighted by molar-refractivity contribution is -0.118. The third-order valence-electron chi connectivity index (χ3n) is 3.17. The number of rotatable bonds is 6. The van der Waals surface area contributed by atoms with E-state index in [1.54, 1.807) is 18.2 Å². The summed E-state index contributed by atoms with van der Waals surface area (Å²) in [4.78, 5) is 12.0. The fraction of sp³-hybridized carbons (Fsp3) is 0.176. The topological polar surface area (TPSA) is 80.2 Å². The van der Waals surface area contributed by atoms with E-state index in [2.05, 4.69) is 10.5 Å². The minimum Gasteiger partial charge on any atom is -0.493 e. The van der Waals surface area contributed by atoms with Crippen LogP contribution in [0.3, 0.4) is 0 Å². The first-order valence-corrected chi connectivity index (χ1v) is 6.98. The number of ether oxygens (including phenoxy) is 2. The molecule has 0 unspecified atom stereocenters. The minimum absolute atomic E-state index is 0.141. The molecule has 0 bridgehead atoms. The molecule has 2 N–H and O–H groups in total. The van der Waals surface area contributed by atoms with E-state index < -0.39 is 0 Å². The Balaban J connectivity index is 2.00. The highest BCUT2D eigenvalue weighted by Crippen LogP contribution is 2.27. The first kappa shape index (κ1) is 16.4. The predicted octanol–water partition coefficient (Wildman–Crippen LogP) is 2.83. The predicted molar refractivity (Wildman–Crippen MR) is 87.7 cm³/mol. The summed E-state index contributed by atoms with van der Waals surface area (Å²) in [6, 6.07) is 12.5. The van der Waals surface area contributed by atoms with Crippen molar-refractivity contribution in [3.8, 4) is 11.5 Å². The fourth-order valence-electron chi connectivity index (χ4n) is 1.99. The van der Waals surface area contributed by atoms with Crippen LogP contribution < -0.4 is 14.8 Å². The Kier molecular flexibility index (Phi) is 5.57. The Morgan fingerprint density at radius 3 is 2.74 bits per heavy atom. The monoisotopic (exact) mass is 314 g/mol. The number of carbonyl (C=O) groups is 1. The Labute approximate surface area is 134 Å². The first-order chi connectivity index (χ1) is 11.1. The summed E-state index contributed by atoms with van der Waals surface area (Å²) in [7, 11) is 1.50. The van der Waals surface area contributed by atoms with Gasteiger partial charge in [0.2, 0.25) is 0 Å². The van der Waals surface area contributed by atoms with Gasteiger partial charge in [0.15, 0.2) is 18.1 Å². The SMILES string of the molecule is COc1cc(C=NO)ccc1OCC(=O)Nc1ccccc1C. The molecule has 0 aliphatic heterocycles. The molecular weight excluding hydrogens is 296 g/mol. The molecule has 0 atom stereocenters. The number of oxime groups is 1. The summed E-state index contributed by atoms with van der Waals surface area (Å²) in [6.45, 7) is 1.78. The molecule has 0 spiro atoms. The van der Waals surface area contributed by atoms with Crippen molar-refractivity contribution >= 4 is 17.8 Å². The van der Waals surface area contributed by atoms with Gasteiger partial charge in [-0.05, 0) is 36.8 Å². The first-order valence-electron chi connectivity index (χ1n) is 6.98. The van der Waals surface area contributed by atoms with E-state index in [0.717, 1.165) is 11.3 Å². The number of aryl methyl sites for hydroxylation is 1. The van der Waals surface area contributed by atoms with Crippen molar-refractivity contribution in [1.82, 2.24) is 0 Å². The van der Waals surface area contributed by atoms with Crippen molar-refractivity contribution in [2.24, 2.45) is 5.16 Å². The second-order valence-electron chi connectivity index (χ2n) is 4.81. The van der Waals surface area contributed by atoms with E-state index in [0.29, 0.717) is 17.1 Å². The van der Waals surface area contributed by atoms with Crippen LogP contribution in [-0.2, 0) is 4.79 Å². The van der Waals surface area contributed by atoms with Crippen LogP contribution in [0.15, 0.2) is 47.6 Å². The summed E-state index contributed by atoms with van der Waals surface area (Å²) in [5, 5.41) is 14.3. The van der Waals surface area contributed by atoms with Gasteiger partial charge in [-0.15, -0.1) is 0 Å². The van der Waals surface area contributed by atoms with Crippen LogP contribution in [0.5, 0.6) is 11.5 Å². The largest absolute Gasteiger partial charge is 0.493 e. The number of hydrogen-bond acceptors (Lipinski definition) is 5. The Morgan fingerprint density at radius 2 is 2.04 bits per heavy atom. The number of carbonyl (C=O) groups excluding carboxylic acids is 1. The smallest absolute Gasteiger partial charge is 0.262 e. The van der Waals surface area contributed by atoms with Crippen molar-refractivity contribution in [3.05, 3.63) is 53.6 Å². The van der Waals surface area contributed by atoms with Crippen molar-refractivity contribution in [2.45, 2.75) is 6.92 Å². The molecule has 6 heteroatoms. The number of benzene rings is 2. The molecule has 2 aromatic rings. The highest BCUT2D eigenvalue weighted by molar-refractivity contribution is 5.92. The molecular formula is C17H18N2O4. The highest BCUT2D eigenvalue weighted by Gasteiger charge is 2.09. The average Bonchev–Trinajstić information content (AvgIpc) is 2.56. The maximum atomic E-state index is 12.0. The molecule has 2 rings (SSSR count). The van der Waals surface area contributed by atoms with E-state index in [1.165, 1.54) is 13.3 Å². The number of nitrogens with one attached hydrogen (secondary N) is 1. The van der Waals surface area contributed by atoms with E-state index in [-0.39, 0.29) is 12.5 Å². The molecule has 23 heavy (non-hydrogen) atoms. The summed E-state index contributed by atoms with van der Waals surface area (Å²) in [5.41, 5.74) is 2.38. The standard InChI is InChI=1S/C17H18N2O4/c1-12-5-3-4-6-14(12)19-17(20)11-23-15-8-7-13(10-18-21)9-16(15)22-2/h3-10,21H,11H2,1-2H3,(H,19,20). The van der Waals surface area contributed by atoms with Crippen LogP contribution in [0.4, 0.5) is 5.69 Å². The lowest BCUT2D eigenvalue weighted by atomic mass is 10.2. The minimum atomic E-state index is -0.262. The Bertz CT molecular complexity index is 713. The summed E-state index contributed by atoms with van der Waals surface area (Å²) >= 11 is 0. The molecule has 0 saturated heterocycles. The van der Waals surface area contributed by atoms with Gasteiger partial charge in [0, 0.05) is 11.3 Å². The third-order valence-corrected chi connectivity index (χ3v) is 3.17. The van der Waals surface area contributed by atoms with Crippen LogP contribution in [-0.4, -0.2) is 31.0 Å². The van der Waals surface area contributed by atoms with E-state index in [9.17, 15) is 4.79 Å². The molecule has 6 nitrogen and oxygen atoms in total. The molecule has 0 aliphatic rings. The van der Waals surface area contributed by atoms with Gasteiger partial charge in [0.05, 0.1) is 13.3 Å². The molecule has 0 heterocycles. The zero-order chi connectivity index (χ0) is 16.7. The van der Waals surface area contributed by atoms with E-state index in [4.69, 9.17) is 14.7 Å². The van der Waals surface area contributed by atoms with Crippen molar-refractivity contribution in [3.63, 3.8) is 0 Å². The summed E-state index contributed by atoms with van der Waals surface area (Å²) < 4.78 is 10.7. The number of anilines is 1. The molecule has 2 aromatic carbocycles. The average molecular weight is 314 g/mol. The van der Waals surface area contributed by atoms with Crippen LogP contribution in [0.1, 0.15) is 11.1 Å². The number of para-hydroxylation sites is 1. The molecule has 1 amide bonds. The van der Waals surface area contributed by atoms with Gasteiger partial charge >= 0.3 is 0 Å². The summed E-state index contributed by atoms with van der Waals surface area (Å²) in [5.74, 6) is 0.621. The third kappa shape index (κ3) is 4.47. The van der Waals surface area contributed by atoms with Crippen LogP contribution in [0.2, 0.25) is 0 Å². The Hall–Kier alpha value is -3.02. The lowest BCUT2D eigenvalue weighted by Gasteiger charge is -2.12. The second-order valence-corrected chi connectivity index (χ2v) is 4.81.